The van der Waals surface area contributed by atoms with Crippen LogP contribution in [0.15, 0.2) is 35.4 Å². The molecule has 1 aromatic heterocycles. The molecule has 4 nitrogen and oxygen atoms in total. The molecule has 0 aliphatic heterocycles. The lowest BCUT2D eigenvalue weighted by atomic mass is 9.84. The smallest absolute Gasteiger partial charge is 0.255 e. The Balaban J connectivity index is 2.21. The minimum Gasteiger partial charge on any atom is -0.351 e. The number of rotatable bonds is 6. The molecule has 1 amide bonds. The van der Waals surface area contributed by atoms with E-state index < -0.39 is 0 Å². The lowest BCUT2D eigenvalue weighted by Crippen LogP contribution is -2.37. The minimum absolute atomic E-state index is 0.110. The molecule has 2 aromatic rings. The van der Waals surface area contributed by atoms with Crippen LogP contribution in [-0.4, -0.2) is 28.7 Å². The van der Waals surface area contributed by atoms with Crippen LogP contribution in [0.5, 0.6) is 0 Å². The van der Waals surface area contributed by atoms with E-state index in [1.807, 2.05) is 31.4 Å². The Morgan fingerprint density at radius 1 is 1.20 bits per heavy atom. The summed E-state index contributed by atoms with van der Waals surface area (Å²) in [7, 11) is 0. The second kappa shape index (κ2) is 8.00. The Bertz CT molecular complexity index is 742. The lowest BCUT2D eigenvalue weighted by molar-refractivity contribution is 0.0940. The molecule has 1 heterocycles. The average molecular weight is 358 g/mol. The van der Waals surface area contributed by atoms with Gasteiger partial charge >= 0.3 is 0 Å². The maximum absolute atomic E-state index is 12.8. The fourth-order valence-electron chi connectivity index (χ4n) is 2.62. The second-order valence-electron chi connectivity index (χ2n) is 7.14. The van der Waals surface area contributed by atoms with Crippen LogP contribution < -0.4 is 5.32 Å². The fourth-order valence-corrected chi connectivity index (χ4v) is 3.25. The molecule has 0 saturated heterocycles. The van der Waals surface area contributed by atoms with Gasteiger partial charge in [-0.2, -0.15) is 0 Å². The van der Waals surface area contributed by atoms with Crippen molar-refractivity contribution in [1.29, 1.82) is 0 Å². The van der Waals surface area contributed by atoms with E-state index >= 15 is 0 Å². The average Bonchev–Trinajstić information content (AvgIpc) is 2.59. The van der Waals surface area contributed by atoms with Gasteiger partial charge in [0.25, 0.3) is 5.91 Å². The van der Waals surface area contributed by atoms with E-state index in [0.717, 1.165) is 16.5 Å². The van der Waals surface area contributed by atoms with Crippen LogP contribution in [0.2, 0.25) is 0 Å². The normalized spacial score (nSPS) is 11.6. The zero-order chi connectivity index (χ0) is 18.6. The van der Waals surface area contributed by atoms with E-state index in [-0.39, 0.29) is 17.2 Å². The Kier molecular flexibility index (Phi) is 6.22. The quantitative estimate of drug-likeness (QED) is 0.617. The number of thioether (sulfide) groups is 1. The number of carbonyl (C=O) groups is 1. The van der Waals surface area contributed by atoms with E-state index in [0.29, 0.717) is 12.1 Å². The molecule has 0 atom stereocenters. The SMILES string of the molecule is CSc1nc(C(C)C)nc(C)c1C(=O)NCC(C)(C)c1ccccc1. The van der Waals surface area contributed by atoms with E-state index in [1.54, 1.807) is 0 Å². The summed E-state index contributed by atoms with van der Waals surface area (Å²) in [4.78, 5) is 21.9. The number of aromatic nitrogens is 2. The summed E-state index contributed by atoms with van der Waals surface area (Å²) in [5, 5.41) is 3.81. The van der Waals surface area contributed by atoms with Crippen molar-refractivity contribution in [2.45, 2.75) is 51.0 Å². The molecule has 0 fully saturated rings. The van der Waals surface area contributed by atoms with E-state index in [2.05, 4.69) is 55.1 Å². The first-order chi connectivity index (χ1) is 11.8. The molecule has 1 aromatic carbocycles. The minimum atomic E-state index is -0.150. The highest BCUT2D eigenvalue weighted by Crippen LogP contribution is 2.25. The standard InChI is InChI=1S/C20H27N3OS/c1-13(2)17-22-14(3)16(19(23-17)25-6)18(24)21-12-20(4,5)15-10-8-7-9-11-15/h7-11,13H,12H2,1-6H3,(H,21,24). The van der Waals surface area contributed by atoms with Crippen molar-refractivity contribution in [2.75, 3.05) is 12.8 Å². The van der Waals surface area contributed by atoms with Gasteiger partial charge in [-0.3, -0.25) is 4.79 Å². The topological polar surface area (TPSA) is 54.9 Å². The van der Waals surface area contributed by atoms with Crippen molar-refractivity contribution in [2.24, 2.45) is 0 Å². The summed E-state index contributed by atoms with van der Waals surface area (Å²) in [5.74, 6) is 0.905. The molecule has 134 valence electrons. The number of hydrogen-bond donors (Lipinski definition) is 1. The molecule has 0 aliphatic carbocycles. The van der Waals surface area contributed by atoms with Crippen LogP contribution in [0, 0.1) is 6.92 Å². The van der Waals surface area contributed by atoms with Gasteiger partial charge in [-0.1, -0.05) is 58.0 Å². The Morgan fingerprint density at radius 2 is 1.84 bits per heavy atom. The predicted molar refractivity (Wildman–Crippen MR) is 104 cm³/mol. The van der Waals surface area contributed by atoms with Crippen LogP contribution in [-0.2, 0) is 5.41 Å². The second-order valence-corrected chi connectivity index (χ2v) is 7.93. The van der Waals surface area contributed by atoms with Gasteiger partial charge in [-0.25, -0.2) is 9.97 Å². The predicted octanol–water partition coefficient (Wildman–Crippen LogP) is 4.34. The zero-order valence-electron chi connectivity index (χ0n) is 15.9. The highest BCUT2D eigenvalue weighted by molar-refractivity contribution is 7.98. The highest BCUT2D eigenvalue weighted by atomic mass is 32.2. The third-order valence-electron chi connectivity index (χ3n) is 4.26. The molecule has 1 N–H and O–H groups in total. The first-order valence-corrected chi connectivity index (χ1v) is 9.75. The Hall–Kier alpha value is -1.88. The van der Waals surface area contributed by atoms with Gasteiger partial charge in [-0.15, -0.1) is 11.8 Å². The summed E-state index contributed by atoms with van der Waals surface area (Å²) < 4.78 is 0. The fraction of sp³-hybridized carbons (Fsp3) is 0.450. The number of nitrogens with zero attached hydrogens (tertiary/aromatic N) is 2. The number of carbonyl (C=O) groups excluding carboxylic acids is 1. The van der Waals surface area contributed by atoms with Crippen LogP contribution >= 0.6 is 11.8 Å². The summed E-state index contributed by atoms with van der Waals surface area (Å²) in [5.41, 5.74) is 2.37. The highest BCUT2D eigenvalue weighted by Gasteiger charge is 2.24. The molecule has 0 bridgehead atoms. The molecule has 0 saturated carbocycles. The maximum atomic E-state index is 12.8. The van der Waals surface area contributed by atoms with Crippen molar-refractivity contribution < 1.29 is 4.79 Å². The van der Waals surface area contributed by atoms with Gasteiger partial charge in [0.15, 0.2) is 0 Å². The molecular weight excluding hydrogens is 330 g/mol. The molecule has 0 unspecified atom stereocenters. The zero-order valence-corrected chi connectivity index (χ0v) is 16.7. The molecule has 5 heteroatoms. The number of aryl methyl sites for hydroxylation is 1. The summed E-state index contributed by atoms with van der Waals surface area (Å²) in [6.45, 7) is 10.8. The monoisotopic (exact) mass is 357 g/mol. The van der Waals surface area contributed by atoms with E-state index in [4.69, 9.17) is 0 Å². The van der Waals surface area contributed by atoms with E-state index in [1.165, 1.54) is 17.3 Å². The van der Waals surface area contributed by atoms with E-state index in [9.17, 15) is 4.79 Å². The third kappa shape index (κ3) is 4.60. The number of hydrogen-bond acceptors (Lipinski definition) is 4. The van der Waals surface area contributed by atoms with Gasteiger partial charge in [0.2, 0.25) is 0 Å². The largest absolute Gasteiger partial charge is 0.351 e. The van der Waals surface area contributed by atoms with Crippen molar-refractivity contribution in [3.8, 4) is 0 Å². The summed E-state index contributed by atoms with van der Waals surface area (Å²) in [6, 6.07) is 10.2. The lowest BCUT2D eigenvalue weighted by Gasteiger charge is -2.26. The van der Waals surface area contributed by atoms with Gasteiger partial charge < -0.3 is 5.32 Å². The van der Waals surface area contributed by atoms with Crippen molar-refractivity contribution in [1.82, 2.24) is 15.3 Å². The van der Waals surface area contributed by atoms with Crippen LogP contribution in [0.25, 0.3) is 0 Å². The third-order valence-corrected chi connectivity index (χ3v) is 4.94. The molecule has 25 heavy (non-hydrogen) atoms. The van der Waals surface area contributed by atoms with Gasteiger partial charge in [0.1, 0.15) is 10.9 Å². The molecular formula is C20H27N3OS. The molecule has 0 spiro atoms. The van der Waals surface area contributed by atoms with Crippen LogP contribution in [0.1, 0.15) is 61.1 Å². The first-order valence-electron chi connectivity index (χ1n) is 8.52. The van der Waals surface area contributed by atoms with Crippen molar-refractivity contribution >= 4 is 17.7 Å². The molecule has 0 radical (unpaired) electrons. The summed E-state index contributed by atoms with van der Waals surface area (Å²) in [6.07, 6.45) is 1.94. The number of amides is 1. The molecule has 2 rings (SSSR count). The van der Waals surface area contributed by atoms with Gasteiger partial charge in [-0.05, 0) is 18.7 Å². The molecule has 0 aliphatic rings. The van der Waals surface area contributed by atoms with Crippen molar-refractivity contribution in [3.63, 3.8) is 0 Å². The van der Waals surface area contributed by atoms with Gasteiger partial charge in [0, 0.05) is 17.9 Å². The van der Waals surface area contributed by atoms with Crippen LogP contribution in [0.3, 0.4) is 0 Å². The van der Waals surface area contributed by atoms with Crippen LogP contribution in [0.4, 0.5) is 0 Å². The van der Waals surface area contributed by atoms with Crippen molar-refractivity contribution in [3.05, 3.63) is 53.0 Å². The summed E-state index contributed by atoms with van der Waals surface area (Å²) >= 11 is 1.49. The number of benzene rings is 1. The Morgan fingerprint density at radius 3 is 2.40 bits per heavy atom. The maximum Gasteiger partial charge on any atom is 0.255 e. The number of nitrogens with one attached hydrogen (secondary N) is 1. The van der Waals surface area contributed by atoms with Gasteiger partial charge in [0.05, 0.1) is 11.3 Å². The Labute approximate surface area is 154 Å². The first kappa shape index (κ1) is 19.4.